The van der Waals surface area contributed by atoms with E-state index in [2.05, 4.69) is 15.9 Å². The highest BCUT2D eigenvalue weighted by molar-refractivity contribution is 9.09. The number of halogens is 1. The molecule has 1 rings (SSSR count). The Balaban J connectivity index is 2.19. The third-order valence-corrected chi connectivity index (χ3v) is 4.20. The first kappa shape index (κ1) is 11.5. The van der Waals surface area contributed by atoms with Crippen LogP contribution in [0.3, 0.4) is 0 Å². The Morgan fingerprint density at radius 2 is 2.00 bits per heavy atom. The quantitative estimate of drug-likeness (QED) is 0.419. The molecule has 2 atom stereocenters. The minimum Gasteiger partial charge on any atom is -0.385 e. The first-order chi connectivity index (χ1) is 6.34. The molecule has 1 saturated carbocycles. The van der Waals surface area contributed by atoms with Gasteiger partial charge >= 0.3 is 0 Å². The number of alkyl halides is 1. The average molecular weight is 249 g/mol. The van der Waals surface area contributed by atoms with Gasteiger partial charge in [0.15, 0.2) is 0 Å². The lowest BCUT2D eigenvalue weighted by Gasteiger charge is -2.19. The maximum absolute atomic E-state index is 5.08. The summed E-state index contributed by atoms with van der Waals surface area (Å²) in [5.74, 6) is 0.901. The molecule has 0 aliphatic heterocycles. The van der Waals surface area contributed by atoms with E-state index in [4.69, 9.17) is 4.74 Å². The standard InChI is InChI=1S/C11H21BrO/c1-13-9-5-7-10-6-3-2-4-8-11(10)12/h10-11H,2-9H2,1H3. The molecule has 0 radical (unpaired) electrons. The molecule has 0 saturated heterocycles. The Morgan fingerprint density at radius 3 is 2.77 bits per heavy atom. The summed E-state index contributed by atoms with van der Waals surface area (Å²) in [6.07, 6.45) is 9.63. The van der Waals surface area contributed by atoms with Gasteiger partial charge in [-0.3, -0.25) is 0 Å². The third kappa shape index (κ3) is 4.46. The summed E-state index contributed by atoms with van der Waals surface area (Å²) in [7, 11) is 1.79. The first-order valence-electron chi connectivity index (χ1n) is 5.47. The van der Waals surface area contributed by atoms with Gasteiger partial charge in [-0.2, -0.15) is 0 Å². The van der Waals surface area contributed by atoms with Gasteiger partial charge in [-0.15, -0.1) is 0 Å². The predicted octanol–water partition coefficient (Wildman–Crippen LogP) is 3.76. The van der Waals surface area contributed by atoms with Crippen molar-refractivity contribution < 1.29 is 4.74 Å². The van der Waals surface area contributed by atoms with Gasteiger partial charge in [0.2, 0.25) is 0 Å². The Kier molecular flexibility index (Phi) is 6.05. The molecule has 0 aromatic heterocycles. The van der Waals surface area contributed by atoms with Crippen molar-refractivity contribution in [2.75, 3.05) is 13.7 Å². The highest BCUT2D eigenvalue weighted by Gasteiger charge is 2.20. The van der Waals surface area contributed by atoms with E-state index >= 15 is 0 Å². The molecule has 0 spiro atoms. The second-order valence-electron chi connectivity index (χ2n) is 4.05. The topological polar surface area (TPSA) is 9.23 Å². The van der Waals surface area contributed by atoms with E-state index in [-0.39, 0.29) is 0 Å². The molecular formula is C11H21BrO. The summed E-state index contributed by atoms with van der Waals surface area (Å²) in [6.45, 7) is 0.927. The molecule has 0 aromatic carbocycles. The lowest BCUT2D eigenvalue weighted by atomic mass is 9.95. The number of ether oxygens (including phenoxy) is 1. The fourth-order valence-corrected chi connectivity index (χ4v) is 3.01. The lowest BCUT2D eigenvalue weighted by Crippen LogP contribution is -2.13. The summed E-state index contributed by atoms with van der Waals surface area (Å²) in [5, 5.41) is 0. The molecule has 0 N–H and O–H groups in total. The van der Waals surface area contributed by atoms with E-state index < -0.39 is 0 Å². The van der Waals surface area contributed by atoms with Crippen LogP contribution in [0.15, 0.2) is 0 Å². The largest absolute Gasteiger partial charge is 0.385 e. The molecule has 0 aromatic rings. The minimum atomic E-state index is 0.770. The van der Waals surface area contributed by atoms with Crippen LogP contribution in [0.4, 0.5) is 0 Å². The molecule has 1 nitrogen and oxygen atoms in total. The van der Waals surface area contributed by atoms with Crippen LogP contribution in [0, 0.1) is 5.92 Å². The summed E-state index contributed by atoms with van der Waals surface area (Å²) in [6, 6.07) is 0. The molecule has 0 bridgehead atoms. The highest BCUT2D eigenvalue weighted by atomic mass is 79.9. The smallest absolute Gasteiger partial charge is 0.0462 e. The Labute approximate surface area is 90.4 Å². The van der Waals surface area contributed by atoms with Crippen molar-refractivity contribution in [1.82, 2.24) is 0 Å². The summed E-state index contributed by atoms with van der Waals surface area (Å²) in [4.78, 5) is 0.770. The SMILES string of the molecule is COCCCC1CCCCCC1Br. The van der Waals surface area contributed by atoms with Gasteiger partial charge in [-0.05, 0) is 31.6 Å². The summed E-state index contributed by atoms with van der Waals surface area (Å²) >= 11 is 3.82. The van der Waals surface area contributed by atoms with Crippen LogP contribution in [0.1, 0.15) is 44.9 Å². The molecule has 1 aliphatic carbocycles. The van der Waals surface area contributed by atoms with Gasteiger partial charge in [-0.1, -0.05) is 35.2 Å². The molecular weight excluding hydrogens is 228 g/mol. The molecule has 0 amide bonds. The molecule has 13 heavy (non-hydrogen) atoms. The van der Waals surface area contributed by atoms with Crippen molar-refractivity contribution >= 4 is 15.9 Å². The Bertz CT molecular complexity index is 127. The molecule has 78 valence electrons. The molecule has 1 aliphatic rings. The lowest BCUT2D eigenvalue weighted by molar-refractivity contribution is 0.185. The zero-order chi connectivity index (χ0) is 9.52. The first-order valence-corrected chi connectivity index (χ1v) is 6.39. The number of rotatable bonds is 4. The van der Waals surface area contributed by atoms with Crippen molar-refractivity contribution in [3.8, 4) is 0 Å². The minimum absolute atomic E-state index is 0.770. The molecule has 2 heteroatoms. The predicted molar refractivity (Wildman–Crippen MR) is 60.4 cm³/mol. The van der Waals surface area contributed by atoms with Crippen LogP contribution in [-0.4, -0.2) is 18.5 Å². The van der Waals surface area contributed by atoms with Gasteiger partial charge in [-0.25, -0.2) is 0 Å². The van der Waals surface area contributed by atoms with Gasteiger partial charge in [0, 0.05) is 18.5 Å². The van der Waals surface area contributed by atoms with E-state index in [1.54, 1.807) is 7.11 Å². The monoisotopic (exact) mass is 248 g/mol. The molecule has 0 heterocycles. The number of hydrogen-bond donors (Lipinski definition) is 0. The highest BCUT2D eigenvalue weighted by Crippen LogP contribution is 2.31. The van der Waals surface area contributed by atoms with Crippen LogP contribution in [0.2, 0.25) is 0 Å². The third-order valence-electron chi connectivity index (χ3n) is 2.99. The number of methoxy groups -OCH3 is 1. The van der Waals surface area contributed by atoms with Crippen molar-refractivity contribution in [3.63, 3.8) is 0 Å². The second-order valence-corrected chi connectivity index (χ2v) is 5.23. The Hall–Kier alpha value is 0.440. The van der Waals surface area contributed by atoms with Crippen LogP contribution in [0.5, 0.6) is 0 Å². The number of hydrogen-bond acceptors (Lipinski definition) is 1. The van der Waals surface area contributed by atoms with Crippen molar-refractivity contribution in [3.05, 3.63) is 0 Å². The van der Waals surface area contributed by atoms with E-state index in [1.807, 2.05) is 0 Å². The summed E-state index contributed by atoms with van der Waals surface area (Å²) in [5.41, 5.74) is 0. The average Bonchev–Trinajstić information content (AvgIpc) is 2.32. The van der Waals surface area contributed by atoms with E-state index in [0.717, 1.165) is 17.4 Å². The van der Waals surface area contributed by atoms with Crippen molar-refractivity contribution in [2.24, 2.45) is 5.92 Å². The normalized spacial score (nSPS) is 30.0. The van der Waals surface area contributed by atoms with Gasteiger partial charge < -0.3 is 4.74 Å². The van der Waals surface area contributed by atoms with E-state index in [0.29, 0.717) is 0 Å². The fourth-order valence-electron chi connectivity index (χ4n) is 2.15. The second kappa shape index (κ2) is 6.83. The maximum atomic E-state index is 5.08. The maximum Gasteiger partial charge on any atom is 0.0462 e. The van der Waals surface area contributed by atoms with Crippen LogP contribution < -0.4 is 0 Å². The van der Waals surface area contributed by atoms with E-state index in [9.17, 15) is 0 Å². The molecule has 1 fully saturated rings. The van der Waals surface area contributed by atoms with Crippen molar-refractivity contribution in [1.29, 1.82) is 0 Å². The molecule has 2 unspecified atom stereocenters. The Morgan fingerprint density at radius 1 is 1.23 bits per heavy atom. The van der Waals surface area contributed by atoms with Crippen molar-refractivity contribution in [2.45, 2.75) is 49.8 Å². The van der Waals surface area contributed by atoms with Gasteiger partial charge in [0.25, 0.3) is 0 Å². The van der Waals surface area contributed by atoms with E-state index in [1.165, 1.54) is 44.9 Å². The summed E-state index contributed by atoms with van der Waals surface area (Å²) < 4.78 is 5.08. The fraction of sp³-hybridized carbons (Fsp3) is 1.00. The van der Waals surface area contributed by atoms with Gasteiger partial charge in [0.1, 0.15) is 0 Å². The van der Waals surface area contributed by atoms with Crippen LogP contribution >= 0.6 is 15.9 Å². The van der Waals surface area contributed by atoms with Crippen LogP contribution in [-0.2, 0) is 4.74 Å². The van der Waals surface area contributed by atoms with Crippen LogP contribution in [0.25, 0.3) is 0 Å². The zero-order valence-corrected chi connectivity index (χ0v) is 10.2. The van der Waals surface area contributed by atoms with Gasteiger partial charge in [0.05, 0.1) is 0 Å². The zero-order valence-electron chi connectivity index (χ0n) is 8.60.